The van der Waals surface area contributed by atoms with Gasteiger partial charge in [0.15, 0.2) is 5.76 Å². The summed E-state index contributed by atoms with van der Waals surface area (Å²) in [7, 11) is 1.62. The van der Waals surface area contributed by atoms with Crippen molar-refractivity contribution in [2.45, 2.75) is 32.0 Å². The molecule has 25 heavy (non-hydrogen) atoms. The fraction of sp³-hybridized carbons (Fsp3) is 0.389. The predicted octanol–water partition coefficient (Wildman–Crippen LogP) is 2.48. The van der Waals surface area contributed by atoms with Crippen LogP contribution in [-0.4, -0.2) is 45.5 Å². The van der Waals surface area contributed by atoms with E-state index in [0.717, 1.165) is 30.3 Å². The molecule has 0 saturated carbocycles. The van der Waals surface area contributed by atoms with E-state index in [2.05, 4.69) is 10.3 Å². The van der Waals surface area contributed by atoms with E-state index < -0.39 is 0 Å². The minimum Gasteiger partial charge on any atom is -0.451 e. The van der Waals surface area contributed by atoms with Gasteiger partial charge in [-0.3, -0.25) is 9.48 Å². The van der Waals surface area contributed by atoms with Crippen molar-refractivity contribution in [3.63, 3.8) is 0 Å². The normalized spacial score (nSPS) is 17.5. The molecule has 0 bridgehead atoms. The Labute approximate surface area is 145 Å². The SMILES string of the molecule is COCc1c(C(=O)N2CCC[C@H]2Cn2ccnn2)oc2ccccc12. The van der Waals surface area contributed by atoms with Gasteiger partial charge in [-0.1, -0.05) is 23.4 Å². The number of rotatable bonds is 5. The first-order valence-electron chi connectivity index (χ1n) is 8.42. The second kappa shape index (κ2) is 6.68. The highest BCUT2D eigenvalue weighted by Gasteiger charge is 2.33. The zero-order valence-electron chi connectivity index (χ0n) is 14.1. The number of methoxy groups -OCH3 is 1. The number of aromatic nitrogens is 3. The maximum atomic E-state index is 13.2. The van der Waals surface area contributed by atoms with E-state index in [0.29, 0.717) is 24.5 Å². The molecule has 0 aliphatic carbocycles. The molecule has 1 fully saturated rings. The smallest absolute Gasteiger partial charge is 0.290 e. The Hall–Kier alpha value is -2.67. The molecule has 1 aliphatic rings. The van der Waals surface area contributed by atoms with Crippen LogP contribution < -0.4 is 0 Å². The van der Waals surface area contributed by atoms with Gasteiger partial charge in [0.25, 0.3) is 5.91 Å². The number of amides is 1. The standard InChI is InChI=1S/C18H20N4O3/c1-24-12-15-14-6-2-3-7-16(14)25-17(15)18(23)22-9-4-5-13(22)11-21-10-8-19-20-21/h2-3,6-8,10,13H,4-5,9,11-12H2,1H3/t13-/m0/s1. The molecule has 1 amide bonds. The number of furan rings is 1. The van der Waals surface area contributed by atoms with E-state index in [1.807, 2.05) is 35.4 Å². The number of para-hydroxylation sites is 1. The van der Waals surface area contributed by atoms with Crippen molar-refractivity contribution >= 4 is 16.9 Å². The Bertz CT molecular complexity index is 872. The Morgan fingerprint density at radius 3 is 3.08 bits per heavy atom. The van der Waals surface area contributed by atoms with Crippen LogP contribution in [0.15, 0.2) is 41.1 Å². The molecule has 1 aliphatic heterocycles. The summed E-state index contributed by atoms with van der Waals surface area (Å²) in [6, 6.07) is 7.77. The molecule has 3 aromatic rings. The fourth-order valence-electron chi connectivity index (χ4n) is 3.53. The maximum Gasteiger partial charge on any atom is 0.290 e. The van der Waals surface area contributed by atoms with Crippen LogP contribution >= 0.6 is 0 Å². The number of fused-ring (bicyclic) bond motifs is 1. The van der Waals surface area contributed by atoms with Gasteiger partial charge in [0.1, 0.15) is 5.58 Å². The highest BCUT2D eigenvalue weighted by molar-refractivity contribution is 5.99. The minimum absolute atomic E-state index is 0.0779. The molecule has 7 nitrogen and oxygen atoms in total. The number of ether oxygens (including phenoxy) is 1. The van der Waals surface area contributed by atoms with Gasteiger partial charge in [-0.25, -0.2) is 0 Å². The third-order valence-electron chi connectivity index (χ3n) is 4.69. The van der Waals surface area contributed by atoms with Crippen molar-refractivity contribution < 1.29 is 13.9 Å². The zero-order valence-corrected chi connectivity index (χ0v) is 14.1. The van der Waals surface area contributed by atoms with E-state index in [1.54, 1.807) is 18.0 Å². The molecular formula is C18H20N4O3. The lowest BCUT2D eigenvalue weighted by Crippen LogP contribution is -2.38. The summed E-state index contributed by atoms with van der Waals surface area (Å²) in [6.07, 6.45) is 5.39. The monoisotopic (exact) mass is 340 g/mol. The summed E-state index contributed by atoms with van der Waals surface area (Å²) in [5.41, 5.74) is 1.53. The quantitative estimate of drug-likeness (QED) is 0.713. The van der Waals surface area contributed by atoms with E-state index in [9.17, 15) is 4.79 Å². The molecule has 1 atom stereocenters. The van der Waals surface area contributed by atoms with Crippen LogP contribution in [0, 0.1) is 0 Å². The molecule has 2 aromatic heterocycles. The number of carbonyl (C=O) groups is 1. The Morgan fingerprint density at radius 2 is 2.28 bits per heavy atom. The maximum absolute atomic E-state index is 13.2. The predicted molar refractivity (Wildman–Crippen MR) is 91.0 cm³/mol. The summed E-state index contributed by atoms with van der Waals surface area (Å²) in [5, 5.41) is 8.78. The largest absolute Gasteiger partial charge is 0.451 e. The molecule has 1 aromatic carbocycles. The van der Waals surface area contributed by atoms with Crippen molar-refractivity contribution in [3.05, 3.63) is 48.0 Å². The Balaban J connectivity index is 1.65. The molecule has 0 radical (unpaired) electrons. The number of carbonyl (C=O) groups excluding carboxylic acids is 1. The van der Waals surface area contributed by atoms with Gasteiger partial charge in [-0.05, 0) is 18.9 Å². The van der Waals surface area contributed by atoms with Gasteiger partial charge in [0.05, 0.1) is 25.4 Å². The van der Waals surface area contributed by atoms with Gasteiger partial charge in [0, 0.05) is 30.8 Å². The van der Waals surface area contributed by atoms with Crippen molar-refractivity contribution in [2.75, 3.05) is 13.7 Å². The van der Waals surface area contributed by atoms with E-state index in [1.165, 1.54) is 0 Å². The second-order valence-electron chi connectivity index (χ2n) is 6.26. The Kier molecular flexibility index (Phi) is 4.23. The second-order valence-corrected chi connectivity index (χ2v) is 6.26. The van der Waals surface area contributed by atoms with Crippen molar-refractivity contribution in [1.82, 2.24) is 19.9 Å². The first kappa shape index (κ1) is 15.8. The summed E-state index contributed by atoms with van der Waals surface area (Å²) < 4.78 is 13.0. The van der Waals surface area contributed by atoms with Gasteiger partial charge >= 0.3 is 0 Å². The van der Waals surface area contributed by atoms with Gasteiger partial charge < -0.3 is 14.1 Å². The summed E-state index contributed by atoms with van der Waals surface area (Å²) >= 11 is 0. The van der Waals surface area contributed by atoms with E-state index in [4.69, 9.17) is 9.15 Å². The topological polar surface area (TPSA) is 73.4 Å². The third-order valence-corrected chi connectivity index (χ3v) is 4.69. The number of hydrogen-bond donors (Lipinski definition) is 0. The average Bonchev–Trinajstić information content (AvgIpc) is 3.36. The molecule has 130 valence electrons. The van der Waals surface area contributed by atoms with Gasteiger partial charge in [0.2, 0.25) is 0 Å². The van der Waals surface area contributed by atoms with Gasteiger partial charge in [-0.15, -0.1) is 5.10 Å². The molecule has 0 N–H and O–H groups in total. The lowest BCUT2D eigenvalue weighted by molar-refractivity contribution is 0.0685. The van der Waals surface area contributed by atoms with Crippen LogP contribution in [-0.2, 0) is 17.9 Å². The van der Waals surface area contributed by atoms with Crippen molar-refractivity contribution in [2.24, 2.45) is 0 Å². The number of benzene rings is 1. The van der Waals surface area contributed by atoms with E-state index >= 15 is 0 Å². The van der Waals surface area contributed by atoms with Crippen molar-refractivity contribution in [1.29, 1.82) is 0 Å². The van der Waals surface area contributed by atoms with Crippen LogP contribution in [0.2, 0.25) is 0 Å². The highest BCUT2D eigenvalue weighted by atomic mass is 16.5. The van der Waals surface area contributed by atoms with Crippen LogP contribution in [0.25, 0.3) is 11.0 Å². The first-order valence-corrected chi connectivity index (χ1v) is 8.42. The van der Waals surface area contributed by atoms with Crippen molar-refractivity contribution in [3.8, 4) is 0 Å². The number of likely N-dealkylation sites (tertiary alicyclic amines) is 1. The summed E-state index contributed by atoms with van der Waals surface area (Å²) in [6.45, 7) is 1.72. The molecule has 0 unspecified atom stereocenters. The van der Waals surface area contributed by atoms with Crippen LogP contribution in [0.3, 0.4) is 0 Å². The van der Waals surface area contributed by atoms with Crippen LogP contribution in [0.5, 0.6) is 0 Å². The fourth-order valence-corrected chi connectivity index (χ4v) is 3.53. The lowest BCUT2D eigenvalue weighted by atomic mass is 10.1. The molecule has 7 heteroatoms. The summed E-state index contributed by atoms with van der Waals surface area (Å²) in [4.78, 5) is 15.1. The third kappa shape index (κ3) is 2.91. The minimum atomic E-state index is -0.0779. The summed E-state index contributed by atoms with van der Waals surface area (Å²) in [5.74, 6) is 0.305. The highest BCUT2D eigenvalue weighted by Crippen LogP contribution is 2.30. The molecule has 1 saturated heterocycles. The average molecular weight is 340 g/mol. The van der Waals surface area contributed by atoms with Crippen LogP contribution in [0.1, 0.15) is 29.0 Å². The Morgan fingerprint density at radius 1 is 1.40 bits per heavy atom. The molecular weight excluding hydrogens is 320 g/mol. The molecule has 3 heterocycles. The lowest BCUT2D eigenvalue weighted by Gasteiger charge is -2.24. The number of nitrogens with zero attached hydrogens (tertiary/aromatic N) is 4. The number of hydrogen-bond acceptors (Lipinski definition) is 5. The molecule has 0 spiro atoms. The first-order chi connectivity index (χ1) is 12.3. The zero-order chi connectivity index (χ0) is 17.2. The molecule has 4 rings (SSSR count). The van der Waals surface area contributed by atoms with Crippen LogP contribution in [0.4, 0.5) is 0 Å². The van der Waals surface area contributed by atoms with Gasteiger partial charge in [-0.2, -0.15) is 0 Å². The van der Waals surface area contributed by atoms with E-state index in [-0.39, 0.29) is 11.9 Å².